The summed E-state index contributed by atoms with van der Waals surface area (Å²) in [7, 11) is 2.09. The molecule has 0 rings (SSSR count). The average Bonchev–Trinajstić information content (AvgIpc) is 2.16. The third kappa shape index (κ3) is 67.7. The van der Waals surface area contributed by atoms with Crippen LogP contribution in [0.1, 0.15) is 427 Å². The number of rotatable bonds is 71. The zero-order chi connectivity index (χ0) is 67.2. The van der Waals surface area contributed by atoms with Crippen LogP contribution in [0.15, 0.2) is 0 Å². The van der Waals surface area contributed by atoms with Crippen molar-refractivity contribution in [3.63, 3.8) is 0 Å². The van der Waals surface area contributed by atoms with Crippen molar-refractivity contribution < 1.29 is 47.7 Å². The van der Waals surface area contributed by atoms with Crippen molar-refractivity contribution in [1.29, 1.82) is 2.51 Å². The molecule has 0 bridgehead atoms. The Morgan fingerprint density at radius 2 is 0.528 bits per heavy atom. The third-order valence-corrected chi connectivity index (χ3v) is 18.6. The number of hydrogen-bond acceptors (Lipinski definition) is 10. The number of aliphatic hydroxyl groups excluding tert-OH is 1. The first-order valence-corrected chi connectivity index (χ1v) is 41.9. The molecule has 0 aromatic heterocycles. The van der Waals surface area contributed by atoms with E-state index in [0.29, 0.717) is 51.4 Å². The molecule has 526 valence electrons. The minimum absolute atomic E-state index is 0.0836. The molecule has 0 heterocycles. The van der Waals surface area contributed by atoms with Gasteiger partial charge in [-0.1, -0.05) is 337 Å². The highest BCUT2D eigenvalue weighted by atomic mass is 31.3. The molecule has 6 atom stereocenters. The van der Waals surface area contributed by atoms with Crippen LogP contribution in [0.3, 0.4) is 0 Å². The van der Waals surface area contributed by atoms with Crippen LogP contribution in [-0.2, 0) is 42.6 Å². The Kier molecular flexibility index (Phi) is 71.0. The highest BCUT2D eigenvalue weighted by molar-refractivity contribution is 7.70. The molecule has 0 saturated carbocycles. The van der Waals surface area contributed by atoms with Gasteiger partial charge in [-0.3, -0.25) is 19.2 Å². The monoisotopic (exact) mass is 1300 g/mol. The first kappa shape index (κ1) is 85.5. The van der Waals surface area contributed by atoms with Gasteiger partial charge in [0.1, 0.15) is 32.9 Å². The Hall–Kier alpha value is -1.49. The van der Waals surface area contributed by atoms with E-state index in [-0.39, 0.29) is 37.1 Å². The normalized spacial score (nSPS) is 13.9. The molecule has 2 radical (unpaired) electrons. The molecule has 0 amide bonds. The van der Waals surface area contributed by atoms with Gasteiger partial charge >= 0.3 is 23.9 Å². The molecular weight excluding hydrogens is 1140 g/mol. The lowest BCUT2D eigenvalue weighted by molar-refractivity contribution is -0.170. The zero-order valence-corrected chi connectivity index (χ0v) is 61.8. The first-order chi connectivity index (χ1) is 44.4. The van der Waals surface area contributed by atoms with Crippen molar-refractivity contribution in [2.45, 2.75) is 451 Å². The second kappa shape index (κ2) is 73.9. The van der Waals surface area contributed by atoms with E-state index in [1.165, 1.54) is 238 Å². The van der Waals surface area contributed by atoms with Crippen molar-refractivity contribution >= 4 is 48.6 Å². The van der Waals surface area contributed by atoms with Gasteiger partial charge in [0.05, 0.1) is 8.72 Å². The molecule has 13 heteroatoms. The van der Waals surface area contributed by atoms with Crippen LogP contribution in [-0.4, -0.2) is 85.1 Å². The van der Waals surface area contributed by atoms with Crippen LogP contribution in [0, 0.1) is 0 Å². The minimum Gasteiger partial charge on any atom is -0.458 e. The molecule has 89 heavy (non-hydrogen) atoms. The molecule has 0 aliphatic heterocycles. The van der Waals surface area contributed by atoms with Crippen molar-refractivity contribution in [3.05, 3.63) is 0 Å². The SMILES string of the molecule is CCCCCCCCCCCCC(=O)O[C@H](CCO)C(CCCCCCCCCC)OC(=O)CCCCCCCCCC.[2H][Si]([B])(OCC[C@@H](OC(=O)CCCCCCCCCCCC)C(CCCCCCCCCC)OC(=O)CCCCCCCCCC)P[3H]. The molecule has 1 N–H and O–H groups in total. The lowest BCUT2D eigenvalue weighted by Gasteiger charge is -2.28. The fraction of sp³-hybridized carbons (Fsp3) is 0.947. The molecule has 0 aromatic rings. The quantitative estimate of drug-likeness (QED) is 0.0206. The van der Waals surface area contributed by atoms with Crippen LogP contribution < -0.4 is 0 Å². The summed E-state index contributed by atoms with van der Waals surface area (Å²) < 4.78 is 45.2. The smallest absolute Gasteiger partial charge is 0.306 e. The maximum atomic E-state index is 13.0. The summed E-state index contributed by atoms with van der Waals surface area (Å²) in [6.07, 6.45) is 63.3. The van der Waals surface area contributed by atoms with E-state index in [1.807, 2.05) is 0 Å². The van der Waals surface area contributed by atoms with E-state index < -0.39 is 41.7 Å². The maximum Gasteiger partial charge on any atom is 0.306 e. The Morgan fingerprint density at radius 3 is 0.742 bits per heavy atom. The van der Waals surface area contributed by atoms with Crippen molar-refractivity contribution in [2.75, 3.05) is 13.2 Å². The van der Waals surface area contributed by atoms with Crippen molar-refractivity contribution in [1.82, 2.24) is 0 Å². The number of carbonyl (C=O) groups excluding carboxylic acids is 4. The summed E-state index contributed by atoms with van der Waals surface area (Å²) in [5, 5.41) is 9.76. The Balaban J connectivity index is 0. The first-order valence-electron chi connectivity index (χ1n) is 39.9. The average molecular weight is 1300 g/mol. The molecular formula is C76H150BO10PSi. The van der Waals surface area contributed by atoms with Crippen LogP contribution >= 0.6 is 8.73 Å². The van der Waals surface area contributed by atoms with E-state index >= 15 is 0 Å². The van der Waals surface area contributed by atoms with E-state index in [9.17, 15) is 24.3 Å². The Labute approximate surface area is 560 Å². The highest BCUT2D eigenvalue weighted by Gasteiger charge is 2.30. The second-order valence-electron chi connectivity index (χ2n) is 26.5. The van der Waals surface area contributed by atoms with Gasteiger partial charge < -0.3 is 28.5 Å². The van der Waals surface area contributed by atoms with Crippen LogP contribution in [0.2, 0.25) is 0 Å². The molecule has 0 aromatic carbocycles. The molecule has 10 nitrogen and oxygen atoms in total. The topological polar surface area (TPSA) is 135 Å². The lowest BCUT2D eigenvalue weighted by Crippen LogP contribution is -2.36. The predicted octanol–water partition coefficient (Wildman–Crippen LogP) is 22.9. The van der Waals surface area contributed by atoms with Gasteiger partial charge in [0.2, 0.25) is 0 Å². The van der Waals surface area contributed by atoms with Gasteiger partial charge in [-0.25, -0.2) is 0 Å². The van der Waals surface area contributed by atoms with Crippen LogP contribution in [0.4, 0.5) is 0 Å². The number of esters is 4. The molecule has 0 aliphatic carbocycles. The number of hydrogen-bond donors (Lipinski definition) is 1. The molecule has 0 aliphatic rings. The minimum atomic E-state index is -3.29. The van der Waals surface area contributed by atoms with Gasteiger partial charge in [0.25, 0.3) is 0 Å². The fourth-order valence-electron chi connectivity index (χ4n) is 11.9. The van der Waals surface area contributed by atoms with Crippen LogP contribution in [0.5, 0.6) is 0 Å². The van der Waals surface area contributed by atoms with Gasteiger partial charge in [0.15, 0.2) is 0 Å². The van der Waals surface area contributed by atoms with Gasteiger partial charge in [0, 0.05) is 53.0 Å². The maximum absolute atomic E-state index is 13.0. The second-order valence-corrected chi connectivity index (χ2v) is 29.0. The largest absolute Gasteiger partial charge is 0.458 e. The molecule has 0 fully saturated rings. The van der Waals surface area contributed by atoms with E-state index in [2.05, 4.69) is 41.5 Å². The molecule has 0 spiro atoms. The zero-order valence-electron chi connectivity index (χ0n) is 61.8. The molecule has 0 saturated heterocycles. The van der Waals surface area contributed by atoms with Crippen LogP contribution in [0.25, 0.3) is 0 Å². The molecule has 4 unspecified atom stereocenters. The van der Waals surface area contributed by atoms with E-state index in [1.54, 1.807) is 0 Å². The number of aliphatic hydroxyl groups is 1. The summed E-state index contributed by atoms with van der Waals surface area (Å²) in [6, 6.07) is 0. The standard InChI is InChI=1S/C38H76BO5PSi.C38H74O5/c1-4-7-10-13-16-19-20-23-26-29-32-38(41)44-36(33-34-42-46(39)45)35(30-27-24-21-17-14-11-8-5-2)43-37(40)31-28-25-22-18-15-12-9-6-3;1-4-7-10-13-16-19-20-23-26-29-32-38(41)43-36(33-34-39)35(30-27-24-21-17-14-11-8-5-2)42-37(40)31-28-25-22-18-15-12-9-6-3/h35-36,46H,4-34,45H2,1-3H3;35-36,39H,4-34H2,1-3H3/t35?,36-,46?;35?,36-/m11/s1/i45T,46D;/t35?,36-,45?,46?;. The summed E-state index contributed by atoms with van der Waals surface area (Å²) in [5.74, 6) is -0.899. The highest BCUT2D eigenvalue weighted by Crippen LogP contribution is 2.24. The number of unbranched alkanes of at least 4 members (excludes halogenated alkanes) is 46. The van der Waals surface area contributed by atoms with E-state index in [0.717, 1.165) is 96.3 Å². The Bertz CT molecular complexity index is 1550. The fourth-order valence-corrected chi connectivity index (χ4v) is 12.5. The predicted molar refractivity (Wildman–Crippen MR) is 386 cm³/mol. The summed E-state index contributed by atoms with van der Waals surface area (Å²) in [6.45, 7) is 13.5. The number of ether oxygens (including phenoxy) is 4. The van der Waals surface area contributed by atoms with Gasteiger partial charge in [-0.05, 0) is 51.4 Å². The van der Waals surface area contributed by atoms with E-state index in [4.69, 9.17) is 33.3 Å². The summed E-state index contributed by atoms with van der Waals surface area (Å²) >= 11 is 0. The summed E-state index contributed by atoms with van der Waals surface area (Å²) in [4.78, 5) is 51.6. The Morgan fingerprint density at radius 1 is 0.337 bits per heavy atom. The van der Waals surface area contributed by atoms with Crippen molar-refractivity contribution in [2.24, 2.45) is 0 Å². The van der Waals surface area contributed by atoms with Gasteiger partial charge in [-0.15, -0.1) is 8.73 Å². The van der Waals surface area contributed by atoms with Crippen molar-refractivity contribution in [3.8, 4) is 0 Å². The van der Waals surface area contributed by atoms with Gasteiger partial charge in [-0.2, -0.15) is 0 Å². The lowest BCUT2D eigenvalue weighted by atomic mass is 10.0. The number of carbonyl (C=O) groups is 4. The summed E-state index contributed by atoms with van der Waals surface area (Å²) in [5.41, 5.74) is 0. The third-order valence-electron chi connectivity index (χ3n) is 17.7.